The van der Waals surface area contributed by atoms with Crippen molar-refractivity contribution in [2.24, 2.45) is 5.41 Å². The second kappa shape index (κ2) is 6.02. The van der Waals surface area contributed by atoms with Crippen molar-refractivity contribution in [2.45, 2.75) is 66.0 Å². The van der Waals surface area contributed by atoms with E-state index in [9.17, 15) is 0 Å². The van der Waals surface area contributed by atoms with Gasteiger partial charge >= 0.3 is 0 Å². The second-order valence-electron chi connectivity index (χ2n) is 6.76. The van der Waals surface area contributed by atoms with Gasteiger partial charge in [0, 0.05) is 11.6 Å². The van der Waals surface area contributed by atoms with Crippen molar-refractivity contribution >= 4 is 0 Å². The Bertz CT molecular complexity index is 189. The minimum Gasteiger partial charge on any atom is -0.312 e. The van der Waals surface area contributed by atoms with Crippen LogP contribution in [0, 0.1) is 5.41 Å². The average molecular weight is 228 g/mol. The lowest BCUT2D eigenvalue weighted by molar-refractivity contribution is 0.124. The van der Waals surface area contributed by atoms with Crippen LogP contribution in [-0.4, -0.2) is 37.1 Å². The molecule has 0 saturated heterocycles. The number of hydrogen-bond acceptors (Lipinski definition) is 2. The van der Waals surface area contributed by atoms with Gasteiger partial charge in [-0.2, -0.15) is 0 Å². The van der Waals surface area contributed by atoms with Gasteiger partial charge in [-0.1, -0.05) is 27.7 Å². The number of likely N-dealkylation sites (N-methyl/N-ethyl adjacent to an activating group) is 2. The van der Waals surface area contributed by atoms with Gasteiger partial charge in [-0.3, -0.25) is 0 Å². The molecule has 1 N–H and O–H groups in total. The fraction of sp³-hybridized carbons (Fsp3) is 1.00. The lowest BCUT2D eigenvalue weighted by atomic mass is 9.83. The molecule has 0 heterocycles. The van der Waals surface area contributed by atoms with Crippen LogP contribution >= 0.6 is 0 Å². The van der Waals surface area contributed by atoms with E-state index in [1.165, 1.54) is 12.8 Å². The van der Waals surface area contributed by atoms with Crippen molar-refractivity contribution in [3.63, 3.8) is 0 Å². The number of nitrogens with zero attached hydrogens (tertiary/aromatic N) is 1. The van der Waals surface area contributed by atoms with E-state index in [4.69, 9.17) is 0 Å². The molecule has 0 fully saturated rings. The summed E-state index contributed by atoms with van der Waals surface area (Å²) < 4.78 is 0. The minimum absolute atomic E-state index is 0.210. The molecule has 0 saturated carbocycles. The normalized spacial score (nSPS) is 15.6. The fourth-order valence-electron chi connectivity index (χ4n) is 1.84. The number of hydrogen-bond donors (Lipinski definition) is 1. The van der Waals surface area contributed by atoms with Gasteiger partial charge in [0.1, 0.15) is 0 Å². The molecular formula is C14H32N2. The highest BCUT2D eigenvalue weighted by Gasteiger charge is 2.31. The number of nitrogens with one attached hydrogen (secondary N) is 1. The standard InChI is InChI=1S/C14H32N2/c1-9-15-12(10-11-13(2,3)4)14(5,6)16(7)8/h12,15H,9-11H2,1-8H3. The maximum absolute atomic E-state index is 3.64. The Morgan fingerprint density at radius 2 is 1.56 bits per heavy atom. The largest absolute Gasteiger partial charge is 0.312 e. The van der Waals surface area contributed by atoms with Gasteiger partial charge in [0.05, 0.1) is 0 Å². The molecule has 0 radical (unpaired) electrons. The summed E-state index contributed by atoms with van der Waals surface area (Å²) in [6.07, 6.45) is 2.50. The molecule has 0 aromatic rings. The summed E-state index contributed by atoms with van der Waals surface area (Å²) in [5.74, 6) is 0. The summed E-state index contributed by atoms with van der Waals surface area (Å²) in [4.78, 5) is 2.32. The van der Waals surface area contributed by atoms with Crippen LogP contribution in [0.2, 0.25) is 0 Å². The van der Waals surface area contributed by atoms with Gasteiger partial charge in [0.25, 0.3) is 0 Å². The highest BCUT2D eigenvalue weighted by molar-refractivity contribution is 4.91. The third-order valence-electron chi connectivity index (χ3n) is 3.64. The van der Waals surface area contributed by atoms with E-state index in [1.54, 1.807) is 0 Å². The summed E-state index contributed by atoms with van der Waals surface area (Å²) in [6.45, 7) is 14.8. The zero-order valence-electron chi connectivity index (χ0n) is 12.6. The van der Waals surface area contributed by atoms with E-state index in [1.807, 2.05) is 0 Å². The lowest BCUT2D eigenvalue weighted by Gasteiger charge is -2.41. The van der Waals surface area contributed by atoms with E-state index >= 15 is 0 Å². The average Bonchev–Trinajstić information content (AvgIpc) is 2.10. The molecule has 1 unspecified atom stereocenters. The van der Waals surface area contributed by atoms with E-state index < -0.39 is 0 Å². The maximum atomic E-state index is 3.64. The summed E-state index contributed by atoms with van der Waals surface area (Å²) in [7, 11) is 4.34. The third-order valence-corrected chi connectivity index (χ3v) is 3.64. The summed E-state index contributed by atoms with van der Waals surface area (Å²) in [5, 5.41) is 3.64. The predicted molar refractivity (Wildman–Crippen MR) is 73.9 cm³/mol. The van der Waals surface area contributed by atoms with Crippen LogP contribution in [0.15, 0.2) is 0 Å². The lowest BCUT2D eigenvalue weighted by Crippen LogP contribution is -2.55. The molecule has 98 valence electrons. The van der Waals surface area contributed by atoms with Crippen LogP contribution < -0.4 is 5.32 Å². The van der Waals surface area contributed by atoms with E-state index in [2.05, 4.69) is 65.9 Å². The van der Waals surface area contributed by atoms with Crippen molar-refractivity contribution in [3.05, 3.63) is 0 Å². The van der Waals surface area contributed by atoms with Crippen molar-refractivity contribution < 1.29 is 0 Å². The smallest absolute Gasteiger partial charge is 0.0300 e. The molecule has 0 aliphatic heterocycles. The topological polar surface area (TPSA) is 15.3 Å². The van der Waals surface area contributed by atoms with Crippen LogP contribution in [0.4, 0.5) is 0 Å². The fourth-order valence-corrected chi connectivity index (χ4v) is 1.84. The molecule has 16 heavy (non-hydrogen) atoms. The van der Waals surface area contributed by atoms with E-state index in [0.717, 1.165) is 6.54 Å². The van der Waals surface area contributed by atoms with Crippen LogP contribution in [0.25, 0.3) is 0 Å². The summed E-state index contributed by atoms with van der Waals surface area (Å²) >= 11 is 0. The molecular weight excluding hydrogens is 196 g/mol. The first-order chi connectivity index (χ1) is 7.11. The Balaban J connectivity index is 4.49. The molecule has 0 aromatic heterocycles. The van der Waals surface area contributed by atoms with Crippen molar-refractivity contribution in [3.8, 4) is 0 Å². The zero-order valence-corrected chi connectivity index (χ0v) is 12.6. The van der Waals surface area contributed by atoms with Crippen LogP contribution in [0.3, 0.4) is 0 Å². The second-order valence-corrected chi connectivity index (χ2v) is 6.76. The first-order valence-corrected chi connectivity index (χ1v) is 6.52. The first-order valence-electron chi connectivity index (χ1n) is 6.52. The molecule has 1 atom stereocenters. The maximum Gasteiger partial charge on any atom is 0.0300 e. The Labute approximate surface area is 103 Å². The Kier molecular flexibility index (Phi) is 5.99. The number of rotatable bonds is 6. The zero-order chi connectivity index (χ0) is 13.0. The Morgan fingerprint density at radius 3 is 1.88 bits per heavy atom. The molecule has 0 rings (SSSR count). The molecule has 0 bridgehead atoms. The van der Waals surface area contributed by atoms with Crippen molar-refractivity contribution in [1.82, 2.24) is 10.2 Å². The van der Waals surface area contributed by atoms with Gasteiger partial charge < -0.3 is 10.2 Å². The van der Waals surface area contributed by atoms with E-state index in [-0.39, 0.29) is 5.54 Å². The van der Waals surface area contributed by atoms with Crippen molar-refractivity contribution in [2.75, 3.05) is 20.6 Å². The molecule has 0 spiro atoms. The molecule has 0 aliphatic carbocycles. The summed E-state index contributed by atoms with van der Waals surface area (Å²) in [6, 6.07) is 0.562. The van der Waals surface area contributed by atoms with Gasteiger partial charge in [-0.05, 0) is 52.7 Å². The van der Waals surface area contributed by atoms with Gasteiger partial charge in [0.2, 0.25) is 0 Å². The van der Waals surface area contributed by atoms with Gasteiger partial charge in [-0.15, -0.1) is 0 Å². The van der Waals surface area contributed by atoms with Crippen LogP contribution in [-0.2, 0) is 0 Å². The van der Waals surface area contributed by atoms with Crippen LogP contribution in [0.5, 0.6) is 0 Å². The van der Waals surface area contributed by atoms with Gasteiger partial charge in [-0.25, -0.2) is 0 Å². The van der Waals surface area contributed by atoms with Crippen molar-refractivity contribution in [1.29, 1.82) is 0 Å². The molecule has 0 aliphatic rings. The van der Waals surface area contributed by atoms with Gasteiger partial charge in [0.15, 0.2) is 0 Å². The SMILES string of the molecule is CCNC(CCC(C)(C)C)C(C)(C)N(C)C. The molecule has 0 aromatic carbocycles. The summed E-state index contributed by atoms with van der Waals surface area (Å²) in [5.41, 5.74) is 0.636. The Morgan fingerprint density at radius 1 is 1.06 bits per heavy atom. The monoisotopic (exact) mass is 228 g/mol. The highest BCUT2D eigenvalue weighted by Crippen LogP contribution is 2.26. The third kappa shape index (κ3) is 5.31. The predicted octanol–water partition coefficient (Wildman–Crippen LogP) is 3.13. The minimum atomic E-state index is 0.210. The van der Waals surface area contributed by atoms with Crippen LogP contribution in [0.1, 0.15) is 54.4 Å². The van der Waals surface area contributed by atoms with E-state index in [0.29, 0.717) is 11.5 Å². The molecule has 0 amide bonds. The highest BCUT2D eigenvalue weighted by atomic mass is 15.2. The molecule has 2 heteroatoms. The quantitative estimate of drug-likeness (QED) is 0.751. The Hall–Kier alpha value is -0.0800. The molecule has 2 nitrogen and oxygen atoms in total. The first kappa shape index (κ1) is 15.9.